The average Bonchev–Trinajstić information content (AvgIpc) is 2.48. The predicted octanol–water partition coefficient (Wildman–Crippen LogP) is 3.84. The minimum Gasteiger partial charge on any atom is -0.394 e. The highest BCUT2D eigenvalue weighted by Crippen LogP contribution is 2.29. The van der Waals surface area contributed by atoms with Gasteiger partial charge in [0.05, 0.1) is 12.1 Å². The first-order valence-corrected chi connectivity index (χ1v) is 6.81. The van der Waals surface area contributed by atoms with Gasteiger partial charge in [-0.3, -0.25) is 0 Å². The highest BCUT2D eigenvalue weighted by Gasteiger charge is 2.29. The maximum Gasteiger partial charge on any atom is 0.123 e. The highest BCUT2D eigenvalue weighted by atomic mass is 19.1. The fourth-order valence-electron chi connectivity index (χ4n) is 2.29. The van der Waals surface area contributed by atoms with Crippen molar-refractivity contribution in [3.8, 4) is 0 Å². The molecule has 2 rings (SSSR count). The second-order valence-electron chi connectivity index (χ2n) is 5.09. The first-order chi connectivity index (χ1) is 9.59. The molecule has 0 bridgehead atoms. The van der Waals surface area contributed by atoms with Gasteiger partial charge in [0, 0.05) is 5.69 Å². The fourth-order valence-corrected chi connectivity index (χ4v) is 2.29. The summed E-state index contributed by atoms with van der Waals surface area (Å²) in [5, 5.41) is 13.2. The molecule has 2 aromatic carbocycles. The largest absolute Gasteiger partial charge is 0.394 e. The summed E-state index contributed by atoms with van der Waals surface area (Å²) in [5.41, 5.74) is 2.41. The molecule has 0 saturated carbocycles. The smallest absolute Gasteiger partial charge is 0.123 e. The fraction of sp³-hybridized carbons (Fsp3) is 0.294. The molecule has 106 valence electrons. The maximum absolute atomic E-state index is 13.1. The molecule has 3 heteroatoms. The molecule has 2 N–H and O–H groups in total. The topological polar surface area (TPSA) is 32.3 Å². The van der Waals surface area contributed by atoms with E-state index in [4.69, 9.17) is 0 Å². The third-order valence-corrected chi connectivity index (χ3v) is 3.71. The van der Waals surface area contributed by atoms with Gasteiger partial charge in [0.15, 0.2) is 0 Å². The number of aliphatic hydroxyl groups excluding tert-OH is 1. The number of aryl methyl sites for hydroxylation is 1. The van der Waals surface area contributed by atoms with Crippen molar-refractivity contribution in [3.05, 3.63) is 65.5 Å². The second kappa shape index (κ2) is 6.06. The minimum absolute atomic E-state index is 0.0526. The summed E-state index contributed by atoms with van der Waals surface area (Å²) in [5.74, 6) is -0.271. The summed E-state index contributed by atoms with van der Waals surface area (Å²) in [4.78, 5) is 0. The Kier molecular flexibility index (Phi) is 4.40. The van der Waals surface area contributed by atoms with Gasteiger partial charge in [0.2, 0.25) is 0 Å². The Bertz CT molecular complexity index is 544. The quantitative estimate of drug-likeness (QED) is 0.867. The lowest BCUT2D eigenvalue weighted by Crippen LogP contribution is -2.38. The molecule has 2 aromatic rings. The normalized spacial score (nSPS) is 13.8. The predicted molar refractivity (Wildman–Crippen MR) is 80.3 cm³/mol. The molecular weight excluding hydrogens is 253 g/mol. The van der Waals surface area contributed by atoms with Crippen LogP contribution in [0.1, 0.15) is 24.5 Å². The molecule has 1 atom stereocenters. The van der Waals surface area contributed by atoms with Crippen LogP contribution in [0.25, 0.3) is 0 Å². The summed E-state index contributed by atoms with van der Waals surface area (Å²) in [7, 11) is 0. The number of hydrogen-bond donors (Lipinski definition) is 2. The van der Waals surface area contributed by atoms with Gasteiger partial charge in [-0.1, -0.05) is 36.8 Å². The SMILES string of the molecule is CCC(CO)(Nc1ccc(C)cc1)c1ccc(F)cc1. The Balaban J connectivity index is 2.33. The Hall–Kier alpha value is -1.87. The van der Waals surface area contributed by atoms with E-state index in [0.717, 1.165) is 11.3 Å². The van der Waals surface area contributed by atoms with Crippen LogP contribution in [0, 0.1) is 12.7 Å². The first kappa shape index (κ1) is 14.5. The lowest BCUT2D eigenvalue weighted by atomic mass is 9.87. The molecule has 1 unspecified atom stereocenters. The molecule has 20 heavy (non-hydrogen) atoms. The van der Waals surface area contributed by atoms with E-state index in [1.54, 1.807) is 12.1 Å². The van der Waals surface area contributed by atoms with Crippen molar-refractivity contribution in [3.63, 3.8) is 0 Å². The molecule has 0 fully saturated rings. The van der Waals surface area contributed by atoms with E-state index in [0.29, 0.717) is 6.42 Å². The molecule has 0 aromatic heterocycles. The number of benzene rings is 2. The molecule has 0 aliphatic rings. The summed E-state index contributed by atoms with van der Waals surface area (Å²) in [6.45, 7) is 3.98. The van der Waals surface area contributed by atoms with Crippen molar-refractivity contribution in [2.75, 3.05) is 11.9 Å². The van der Waals surface area contributed by atoms with E-state index in [9.17, 15) is 9.50 Å². The van der Waals surface area contributed by atoms with Crippen molar-refractivity contribution in [1.82, 2.24) is 0 Å². The van der Waals surface area contributed by atoms with Gasteiger partial charge in [0.1, 0.15) is 5.82 Å². The zero-order valence-corrected chi connectivity index (χ0v) is 11.9. The number of halogens is 1. The van der Waals surface area contributed by atoms with E-state index < -0.39 is 5.54 Å². The van der Waals surface area contributed by atoms with E-state index >= 15 is 0 Å². The Morgan fingerprint density at radius 2 is 1.65 bits per heavy atom. The maximum atomic E-state index is 13.1. The lowest BCUT2D eigenvalue weighted by molar-refractivity contribution is 0.207. The highest BCUT2D eigenvalue weighted by molar-refractivity contribution is 5.49. The van der Waals surface area contributed by atoms with Crippen LogP contribution in [-0.2, 0) is 5.54 Å². The summed E-state index contributed by atoms with van der Waals surface area (Å²) in [6.07, 6.45) is 0.697. The van der Waals surface area contributed by atoms with Gasteiger partial charge >= 0.3 is 0 Å². The van der Waals surface area contributed by atoms with Crippen LogP contribution in [0.4, 0.5) is 10.1 Å². The van der Waals surface area contributed by atoms with Crippen LogP contribution >= 0.6 is 0 Å². The number of nitrogens with one attached hydrogen (secondary N) is 1. The van der Waals surface area contributed by atoms with Crippen LogP contribution in [0.2, 0.25) is 0 Å². The van der Waals surface area contributed by atoms with E-state index in [1.807, 2.05) is 38.1 Å². The average molecular weight is 273 g/mol. The number of anilines is 1. The van der Waals surface area contributed by atoms with Crippen molar-refractivity contribution in [2.24, 2.45) is 0 Å². The third kappa shape index (κ3) is 2.99. The Labute approximate surface area is 119 Å². The molecule has 0 aliphatic carbocycles. The Morgan fingerprint density at radius 1 is 1.05 bits per heavy atom. The number of aliphatic hydroxyl groups is 1. The molecular formula is C17H20FNO. The van der Waals surface area contributed by atoms with Gasteiger partial charge in [-0.2, -0.15) is 0 Å². The van der Waals surface area contributed by atoms with Crippen LogP contribution < -0.4 is 5.32 Å². The zero-order chi connectivity index (χ0) is 14.6. The standard InChI is InChI=1S/C17H20FNO/c1-3-17(12-20,14-6-8-15(18)9-7-14)19-16-10-4-13(2)5-11-16/h4-11,19-20H,3,12H2,1-2H3. The summed E-state index contributed by atoms with van der Waals surface area (Å²) in [6, 6.07) is 14.3. The molecule has 0 radical (unpaired) electrons. The van der Waals surface area contributed by atoms with Crippen molar-refractivity contribution < 1.29 is 9.50 Å². The van der Waals surface area contributed by atoms with Gasteiger partial charge in [0.25, 0.3) is 0 Å². The molecule has 0 amide bonds. The van der Waals surface area contributed by atoms with Gasteiger partial charge in [-0.15, -0.1) is 0 Å². The van der Waals surface area contributed by atoms with E-state index in [2.05, 4.69) is 5.32 Å². The molecule has 0 heterocycles. The van der Waals surface area contributed by atoms with Gasteiger partial charge in [-0.05, 0) is 43.2 Å². The van der Waals surface area contributed by atoms with Gasteiger partial charge < -0.3 is 10.4 Å². The number of hydrogen-bond acceptors (Lipinski definition) is 2. The van der Waals surface area contributed by atoms with Crippen LogP contribution in [0.5, 0.6) is 0 Å². The van der Waals surface area contributed by atoms with Crippen molar-refractivity contribution in [1.29, 1.82) is 0 Å². The van der Waals surface area contributed by atoms with Crippen molar-refractivity contribution >= 4 is 5.69 Å². The van der Waals surface area contributed by atoms with Crippen LogP contribution in [0.3, 0.4) is 0 Å². The monoisotopic (exact) mass is 273 g/mol. The molecule has 2 nitrogen and oxygen atoms in total. The summed E-state index contributed by atoms with van der Waals surface area (Å²) < 4.78 is 13.1. The lowest BCUT2D eigenvalue weighted by Gasteiger charge is -2.33. The van der Waals surface area contributed by atoms with E-state index in [1.165, 1.54) is 17.7 Å². The Morgan fingerprint density at radius 3 is 2.15 bits per heavy atom. The van der Waals surface area contributed by atoms with Gasteiger partial charge in [-0.25, -0.2) is 4.39 Å². The van der Waals surface area contributed by atoms with Crippen molar-refractivity contribution in [2.45, 2.75) is 25.8 Å². The van der Waals surface area contributed by atoms with E-state index in [-0.39, 0.29) is 12.4 Å². The second-order valence-corrected chi connectivity index (χ2v) is 5.09. The molecule has 0 aliphatic heterocycles. The first-order valence-electron chi connectivity index (χ1n) is 6.81. The summed E-state index contributed by atoms with van der Waals surface area (Å²) >= 11 is 0. The third-order valence-electron chi connectivity index (χ3n) is 3.71. The molecule has 0 spiro atoms. The zero-order valence-electron chi connectivity index (χ0n) is 11.9. The van der Waals surface area contributed by atoms with Crippen LogP contribution in [-0.4, -0.2) is 11.7 Å². The minimum atomic E-state index is -0.594. The molecule has 0 saturated heterocycles. The van der Waals surface area contributed by atoms with Crippen LogP contribution in [0.15, 0.2) is 48.5 Å². The number of rotatable bonds is 5.